The zero-order valence-electron chi connectivity index (χ0n) is 12.5. The summed E-state index contributed by atoms with van der Waals surface area (Å²) in [4.78, 5) is 15.2. The van der Waals surface area contributed by atoms with Crippen LogP contribution in [0.25, 0.3) is 0 Å². The van der Waals surface area contributed by atoms with Gasteiger partial charge < -0.3 is 15.1 Å². The second-order valence-electron chi connectivity index (χ2n) is 5.25. The number of carbonyl (C=O) groups is 1. The monoisotopic (exact) mass is 315 g/mol. The van der Waals surface area contributed by atoms with E-state index in [4.69, 9.17) is 0 Å². The maximum Gasteiger partial charge on any atom is 0.317 e. The van der Waals surface area contributed by atoms with Gasteiger partial charge in [-0.3, -0.25) is 0 Å². The fourth-order valence-corrected chi connectivity index (χ4v) is 2.39. The number of amides is 2. The van der Waals surface area contributed by atoms with Gasteiger partial charge in [-0.25, -0.2) is 18.0 Å². The van der Waals surface area contributed by atoms with Gasteiger partial charge in [-0.1, -0.05) is 13.3 Å². The van der Waals surface area contributed by atoms with Gasteiger partial charge in [0.25, 0.3) is 0 Å². The van der Waals surface area contributed by atoms with E-state index >= 15 is 0 Å². The Kier molecular flexibility index (Phi) is 5.51. The number of halogens is 3. The first-order valence-corrected chi connectivity index (χ1v) is 7.45. The minimum absolute atomic E-state index is 0.0324. The lowest BCUT2D eigenvalue weighted by Gasteiger charge is -2.36. The van der Waals surface area contributed by atoms with Crippen molar-refractivity contribution in [3.8, 4) is 0 Å². The van der Waals surface area contributed by atoms with Crippen molar-refractivity contribution >= 4 is 11.7 Å². The van der Waals surface area contributed by atoms with Crippen molar-refractivity contribution in [1.82, 2.24) is 10.2 Å². The van der Waals surface area contributed by atoms with Crippen LogP contribution in [-0.4, -0.2) is 43.7 Å². The maximum absolute atomic E-state index is 13.8. The predicted molar refractivity (Wildman–Crippen MR) is 78.4 cm³/mol. The van der Waals surface area contributed by atoms with E-state index in [1.165, 1.54) is 6.07 Å². The first kappa shape index (κ1) is 16.5. The van der Waals surface area contributed by atoms with Gasteiger partial charge in [-0.15, -0.1) is 0 Å². The molecule has 0 aromatic heterocycles. The fourth-order valence-electron chi connectivity index (χ4n) is 2.39. The van der Waals surface area contributed by atoms with Crippen molar-refractivity contribution in [1.29, 1.82) is 0 Å². The Morgan fingerprint density at radius 3 is 2.45 bits per heavy atom. The van der Waals surface area contributed by atoms with Gasteiger partial charge in [0.2, 0.25) is 0 Å². The van der Waals surface area contributed by atoms with E-state index in [0.29, 0.717) is 32.7 Å². The molecular formula is C15H20F3N3O. The molecule has 2 rings (SSSR count). The number of nitrogens with zero attached hydrogens (tertiary/aromatic N) is 2. The number of carbonyl (C=O) groups excluding carboxylic acids is 1. The number of benzene rings is 1. The third kappa shape index (κ3) is 3.64. The second-order valence-corrected chi connectivity index (χ2v) is 5.25. The minimum atomic E-state index is -1.46. The van der Waals surface area contributed by atoms with Crippen LogP contribution in [-0.2, 0) is 0 Å². The summed E-state index contributed by atoms with van der Waals surface area (Å²) < 4.78 is 40.0. The number of piperazine rings is 1. The summed E-state index contributed by atoms with van der Waals surface area (Å²) in [6, 6.07) is 2.00. The Labute approximate surface area is 127 Å². The fraction of sp³-hybridized carbons (Fsp3) is 0.533. The van der Waals surface area contributed by atoms with Crippen LogP contribution in [0, 0.1) is 17.5 Å². The van der Waals surface area contributed by atoms with Gasteiger partial charge in [-0.05, 0) is 18.6 Å². The zero-order chi connectivity index (χ0) is 16.1. The van der Waals surface area contributed by atoms with Crippen LogP contribution in [0.2, 0.25) is 0 Å². The van der Waals surface area contributed by atoms with E-state index in [1.807, 2.05) is 6.92 Å². The molecule has 1 N–H and O–H groups in total. The lowest BCUT2D eigenvalue weighted by molar-refractivity contribution is 0.194. The number of rotatable bonds is 4. The Morgan fingerprint density at radius 1 is 1.14 bits per heavy atom. The largest absolute Gasteiger partial charge is 0.366 e. The highest BCUT2D eigenvalue weighted by atomic mass is 19.2. The Morgan fingerprint density at radius 2 is 1.82 bits per heavy atom. The van der Waals surface area contributed by atoms with E-state index < -0.39 is 17.5 Å². The number of nitrogens with one attached hydrogen (secondary N) is 1. The molecule has 1 fully saturated rings. The summed E-state index contributed by atoms with van der Waals surface area (Å²) >= 11 is 0. The van der Waals surface area contributed by atoms with Crippen LogP contribution >= 0.6 is 0 Å². The van der Waals surface area contributed by atoms with Crippen molar-refractivity contribution in [3.05, 3.63) is 29.6 Å². The number of unbranched alkanes of at least 4 members (excludes halogenated alkanes) is 1. The molecule has 1 aromatic rings. The topological polar surface area (TPSA) is 35.6 Å². The van der Waals surface area contributed by atoms with E-state index in [0.717, 1.165) is 18.9 Å². The third-order valence-corrected chi connectivity index (χ3v) is 3.73. The van der Waals surface area contributed by atoms with Gasteiger partial charge in [0.05, 0.1) is 5.69 Å². The van der Waals surface area contributed by atoms with Crippen molar-refractivity contribution < 1.29 is 18.0 Å². The molecule has 22 heavy (non-hydrogen) atoms. The normalized spacial score (nSPS) is 15.1. The van der Waals surface area contributed by atoms with Crippen molar-refractivity contribution in [2.45, 2.75) is 19.8 Å². The van der Waals surface area contributed by atoms with Crippen molar-refractivity contribution in [2.75, 3.05) is 37.6 Å². The summed E-state index contributed by atoms with van der Waals surface area (Å²) in [5.74, 6) is -3.84. The Bertz CT molecular complexity index is 531. The van der Waals surface area contributed by atoms with Gasteiger partial charge in [-0.2, -0.15) is 0 Å². The molecular weight excluding hydrogens is 295 g/mol. The number of anilines is 1. The van der Waals surface area contributed by atoms with Gasteiger partial charge in [0, 0.05) is 32.7 Å². The highest BCUT2D eigenvalue weighted by Gasteiger charge is 2.24. The molecule has 0 atom stereocenters. The lowest BCUT2D eigenvalue weighted by Crippen LogP contribution is -2.52. The average Bonchev–Trinajstić information content (AvgIpc) is 2.53. The Balaban J connectivity index is 1.92. The molecule has 122 valence electrons. The number of hydrogen-bond donors (Lipinski definition) is 1. The molecule has 1 heterocycles. The van der Waals surface area contributed by atoms with Crippen LogP contribution in [0.4, 0.5) is 23.7 Å². The molecule has 1 saturated heterocycles. The predicted octanol–water partition coefficient (Wildman–Crippen LogP) is 2.74. The first-order chi connectivity index (χ1) is 10.5. The molecule has 0 unspecified atom stereocenters. The van der Waals surface area contributed by atoms with Crippen LogP contribution in [0.3, 0.4) is 0 Å². The molecule has 1 aliphatic rings. The summed E-state index contributed by atoms with van der Waals surface area (Å²) in [6.45, 7) is 4.26. The Hall–Kier alpha value is -1.92. The number of hydrogen-bond acceptors (Lipinski definition) is 2. The van der Waals surface area contributed by atoms with Crippen LogP contribution < -0.4 is 10.2 Å². The molecule has 1 aromatic carbocycles. The third-order valence-electron chi connectivity index (χ3n) is 3.73. The van der Waals surface area contributed by atoms with Gasteiger partial charge in [0.1, 0.15) is 0 Å². The zero-order valence-corrected chi connectivity index (χ0v) is 12.5. The van der Waals surface area contributed by atoms with Gasteiger partial charge in [0.15, 0.2) is 17.5 Å². The maximum atomic E-state index is 13.8. The standard InChI is InChI=1S/C15H20F3N3O/c1-2-3-6-19-15(22)21-9-7-20(8-10-21)12-5-4-11(16)13(17)14(12)18/h4-5H,2-3,6-10H2,1H3,(H,19,22). The number of urea groups is 1. The average molecular weight is 315 g/mol. The SMILES string of the molecule is CCCCNC(=O)N1CCN(c2ccc(F)c(F)c2F)CC1. The van der Waals surface area contributed by atoms with E-state index in [2.05, 4.69) is 5.32 Å². The minimum Gasteiger partial charge on any atom is -0.366 e. The summed E-state index contributed by atoms with van der Waals surface area (Å²) in [6.07, 6.45) is 1.93. The molecule has 0 bridgehead atoms. The highest BCUT2D eigenvalue weighted by Crippen LogP contribution is 2.24. The molecule has 0 radical (unpaired) electrons. The molecule has 0 aliphatic carbocycles. The summed E-state index contributed by atoms with van der Waals surface area (Å²) in [7, 11) is 0. The van der Waals surface area contributed by atoms with Crippen LogP contribution in [0.15, 0.2) is 12.1 Å². The highest BCUT2D eigenvalue weighted by molar-refractivity contribution is 5.74. The van der Waals surface area contributed by atoms with Crippen molar-refractivity contribution in [3.63, 3.8) is 0 Å². The molecule has 2 amide bonds. The molecule has 0 saturated carbocycles. The smallest absolute Gasteiger partial charge is 0.317 e. The van der Waals surface area contributed by atoms with Crippen molar-refractivity contribution in [2.24, 2.45) is 0 Å². The van der Waals surface area contributed by atoms with E-state index in [9.17, 15) is 18.0 Å². The first-order valence-electron chi connectivity index (χ1n) is 7.45. The summed E-state index contributed by atoms with van der Waals surface area (Å²) in [5, 5.41) is 2.82. The van der Waals surface area contributed by atoms with Crippen LogP contribution in [0.1, 0.15) is 19.8 Å². The molecule has 1 aliphatic heterocycles. The summed E-state index contributed by atoms with van der Waals surface area (Å²) in [5.41, 5.74) is 0.0324. The van der Waals surface area contributed by atoms with Crippen LogP contribution in [0.5, 0.6) is 0 Å². The quantitative estimate of drug-likeness (QED) is 0.685. The second kappa shape index (κ2) is 7.38. The molecule has 7 heteroatoms. The molecule has 4 nitrogen and oxygen atoms in total. The lowest BCUT2D eigenvalue weighted by atomic mass is 10.2. The van der Waals surface area contributed by atoms with E-state index in [-0.39, 0.29) is 11.7 Å². The van der Waals surface area contributed by atoms with E-state index in [1.54, 1.807) is 9.80 Å². The van der Waals surface area contributed by atoms with Gasteiger partial charge >= 0.3 is 6.03 Å². The molecule has 0 spiro atoms.